The molecule has 82 valence electrons. The maximum absolute atomic E-state index is 11.6. The minimum absolute atomic E-state index is 0.0958. The standard InChI is InChI=1S/C10H13ClN2O2/c1-10(2,3)15-9(14)7-4-6(12)5-13-8(7)11/h4-5H,12H2,1-3H3. The normalized spacial score (nSPS) is 11.2. The Morgan fingerprint density at radius 1 is 1.53 bits per heavy atom. The van der Waals surface area contributed by atoms with E-state index in [1.165, 1.54) is 12.3 Å². The van der Waals surface area contributed by atoms with Gasteiger partial charge in [-0.1, -0.05) is 11.6 Å². The van der Waals surface area contributed by atoms with Crippen molar-refractivity contribution in [1.29, 1.82) is 0 Å². The molecule has 0 aliphatic carbocycles. The molecule has 0 amide bonds. The number of halogens is 1. The molecule has 0 bridgehead atoms. The van der Waals surface area contributed by atoms with Crippen LogP contribution in [-0.2, 0) is 4.74 Å². The van der Waals surface area contributed by atoms with Crippen LogP contribution >= 0.6 is 11.6 Å². The Morgan fingerprint density at radius 2 is 2.13 bits per heavy atom. The van der Waals surface area contributed by atoms with Gasteiger partial charge in [0, 0.05) is 0 Å². The molecular weight excluding hydrogens is 216 g/mol. The molecule has 0 spiro atoms. The van der Waals surface area contributed by atoms with Gasteiger partial charge in [-0.3, -0.25) is 0 Å². The summed E-state index contributed by atoms with van der Waals surface area (Å²) in [4.78, 5) is 15.4. The van der Waals surface area contributed by atoms with Gasteiger partial charge < -0.3 is 10.5 Å². The number of carbonyl (C=O) groups excluding carboxylic acids is 1. The second-order valence-electron chi connectivity index (χ2n) is 4.11. The molecule has 0 saturated heterocycles. The number of hydrogen-bond donors (Lipinski definition) is 1. The second kappa shape index (κ2) is 4.06. The van der Waals surface area contributed by atoms with Crippen molar-refractivity contribution in [3.8, 4) is 0 Å². The van der Waals surface area contributed by atoms with E-state index in [1.54, 1.807) is 20.8 Å². The highest BCUT2D eigenvalue weighted by Crippen LogP contribution is 2.19. The van der Waals surface area contributed by atoms with Crippen LogP contribution in [0, 0.1) is 0 Å². The minimum atomic E-state index is -0.564. The average molecular weight is 229 g/mol. The Morgan fingerprint density at radius 3 is 2.67 bits per heavy atom. The maximum Gasteiger partial charge on any atom is 0.341 e. The molecule has 0 radical (unpaired) electrons. The highest BCUT2D eigenvalue weighted by Gasteiger charge is 2.20. The van der Waals surface area contributed by atoms with E-state index < -0.39 is 11.6 Å². The smallest absolute Gasteiger partial charge is 0.341 e. The summed E-state index contributed by atoms with van der Waals surface area (Å²) in [5, 5.41) is 0.0958. The fourth-order valence-electron chi connectivity index (χ4n) is 0.940. The number of nitrogens with zero attached hydrogens (tertiary/aromatic N) is 1. The van der Waals surface area contributed by atoms with Crippen LogP contribution in [0.15, 0.2) is 12.3 Å². The molecule has 4 nitrogen and oxygen atoms in total. The summed E-state index contributed by atoms with van der Waals surface area (Å²) in [5.74, 6) is -0.521. The molecule has 1 aromatic heterocycles. The van der Waals surface area contributed by atoms with Crippen LogP contribution in [0.1, 0.15) is 31.1 Å². The van der Waals surface area contributed by atoms with Crippen LogP contribution in [0.4, 0.5) is 5.69 Å². The van der Waals surface area contributed by atoms with Crippen molar-refractivity contribution < 1.29 is 9.53 Å². The fraction of sp³-hybridized carbons (Fsp3) is 0.400. The summed E-state index contributed by atoms with van der Waals surface area (Å²) < 4.78 is 5.14. The summed E-state index contributed by atoms with van der Waals surface area (Å²) in [6.45, 7) is 5.33. The number of nitrogens with two attached hydrogens (primary N) is 1. The highest BCUT2D eigenvalue weighted by atomic mass is 35.5. The van der Waals surface area contributed by atoms with E-state index >= 15 is 0 Å². The molecule has 0 fully saturated rings. The van der Waals surface area contributed by atoms with Crippen molar-refractivity contribution in [1.82, 2.24) is 4.98 Å². The van der Waals surface area contributed by atoms with Crippen LogP contribution < -0.4 is 5.73 Å². The summed E-state index contributed by atoms with van der Waals surface area (Å²) in [7, 11) is 0. The van der Waals surface area contributed by atoms with Gasteiger partial charge in [0.2, 0.25) is 0 Å². The predicted molar refractivity (Wildman–Crippen MR) is 58.8 cm³/mol. The number of hydrogen-bond acceptors (Lipinski definition) is 4. The lowest BCUT2D eigenvalue weighted by Gasteiger charge is -2.19. The first kappa shape index (κ1) is 11.8. The topological polar surface area (TPSA) is 65.2 Å². The van der Waals surface area contributed by atoms with E-state index in [0.29, 0.717) is 5.69 Å². The molecule has 0 saturated carbocycles. The number of anilines is 1. The first-order chi connectivity index (χ1) is 6.79. The Kier molecular flexibility index (Phi) is 3.19. The van der Waals surface area contributed by atoms with Gasteiger partial charge in [-0.05, 0) is 26.8 Å². The summed E-state index contributed by atoms with van der Waals surface area (Å²) in [5.41, 5.74) is 5.50. The monoisotopic (exact) mass is 228 g/mol. The summed E-state index contributed by atoms with van der Waals surface area (Å²) in [6.07, 6.45) is 1.39. The Balaban J connectivity index is 2.96. The zero-order valence-corrected chi connectivity index (χ0v) is 9.63. The fourth-order valence-corrected chi connectivity index (χ4v) is 1.12. The maximum atomic E-state index is 11.6. The molecule has 0 aliphatic rings. The minimum Gasteiger partial charge on any atom is -0.456 e. The van der Waals surface area contributed by atoms with E-state index in [9.17, 15) is 4.79 Å². The van der Waals surface area contributed by atoms with Gasteiger partial charge in [0.25, 0.3) is 0 Å². The van der Waals surface area contributed by atoms with Crippen molar-refractivity contribution in [2.45, 2.75) is 26.4 Å². The summed E-state index contributed by atoms with van der Waals surface area (Å²) in [6, 6.07) is 1.45. The molecule has 15 heavy (non-hydrogen) atoms. The predicted octanol–water partition coefficient (Wildman–Crippen LogP) is 2.27. The van der Waals surface area contributed by atoms with Crippen LogP contribution in [0.25, 0.3) is 0 Å². The largest absolute Gasteiger partial charge is 0.456 e. The number of carbonyl (C=O) groups is 1. The van der Waals surface area contributed by atoms with E-state index in [2.05, 4.69) is 4.98 Å². The number of nitrogen functional groups attached to an aromatic ring is 1. The molecule has 0 unspecified atom stereocenters. The van der Waals surface area contributed by atoms with Gasteiger partial charge in [-0.15, -0.1) is 0 Å². The first-order valence-electron chi connectivity index (χ1n) is 4.44. The SMILES string of the molecule is CC(C)(C)OC(=O)c1cc(N)cnc1Cl. The second-order valence-corrected chi connectivity index (χ2v) is 4.47. The number of ether oxygens (including phenoxy) is 1. The number of pyridine rings is 1. The number of rotatable bonds is 1. The Labute approximate surface area is 93.4 Å². The number of esters is 1. The molecular formula is C10H13ClN2O2. The van der Waals surface area contributed by atoms with Crippen molar-refractivity contribution >= 4 is 23.3 Å². The van der Waals surface area contributed by atoms with Gasteiger partial charge >= 0.3 is 5.97 Å². The van der Waals surface area contributed by atoms with Gasteiger partial charge in [0.15, 0.2) is 0 Å². The van der Waals surface area contributed by atoms with E-state index in [1.807, 2.05) is 0 Å². The lowest BCUT2D eigenvalue weighted by atomic mass is 10.2. The highest BCUT2D eigenvalue weighted by molar-refractivity contribution is 6.32. The van der Waals surface area contributed by atoms with Crippen molar-refractivity contribution in [3.63, 3.8) is 0 Å². The molecule has 0 atom stereocenters. The van der Waals surface area contributed by atoms with Crippen LogP contribution in [-0.4, -0.2) is 16.6 Å². The lowest BCUT2D eigenvalue weighted by molar-refractivity contribution is 0.00694. The van der Waals surface area contributed by atoms with Gasteiger partial charge in [-0.25, -0.2) is 9.78 Å². The van der Waals surface area contributed by atoms with Crippen molar-refractivity contribution in [2.75, 3.05) is 5.73 Å². The van der Waals surface area contributed by atoms with E-state index in [4.69, 9.17) is 22.1 Å². The molecule has 1 aromatic rings. The Hall–Kier alpha value is -1.29. The third kappa shape index (κ3) is 3.40. The third-order valence-electron chi connectivity index (χ3n) is 1.48. The molecule has 2 N–H and O–H groups in total. The van der Waals surface area contributed by atoms with Crippen molar-refractivity contribution in [2.24, 2.45) is 0 Å². The van der Waals surface area contributed by atoms with Crippen LogP contribution in [0.3, 0.4) is 0 Å². The third-order valence-corrected chi connectivity index (χ3v) is 1.78. The van der Waals surface area contributed by atoms with E-state index in [-0.39, 0.29) is 10.7 Å². The lowest BCUT2D eigenvalue weighted by Crippen LogP contribution is -2.24. The Bertz CT molecular complexity index is 385. The molecule has 1 rings (SSSR count). The van der Waals surface area contributed by atoms with E-state index in [0.717, 1.165) is 0 Å². The molecule has 0 aliphatic heterocycles. The molecule has 1 heterocycles. The summed E-state index contributed by atoms with van der Waals surface area (Å²) >= 11 is 5.75. The molecule has 5 heteroatoms. The zero-order valence-electron chi connectivity index (χ0n) is 8.87. The van der Waals surface area contributed by atoms with Gasteiger partial charge in [0.1, 0.15) is 10.8 Å². The van der Waals surface area contributed by atoms with Gasteiger partial charge in [-0.2, -0.15) is 0 Å². The van der Waals surface area contributed by atoms with Crippen LogP contribution in [0.2, 0.25) is 5.15 Å². The van der Waals surface area contributed by atoms with Gasteiger partial charge in [0.05, 0.1) is 17.4 Å². The molecule has 0 aromatic carbocycles. The quantitative estimate of drug-likeness (QED) is 0.592. The number of aromatic nitrogens is 1. The van der Waals surface area contributed by atoms with Crippen LogP contribution in [0.5, 0.6) is 0 Å². The zero-order chi connectivity index (χ0) is 11.6. The first-order valence-corrected chi connectivity index (χ1v) is 4.82. The average Bonchev–Trinajstić information content (AvgIpc) is 2.06. The van der Waals surface area contributed by atoms with Crippen molar-refractivity contribution in [3.05, 3.63) is 23.0 Å².